The smallest absolute Gasteiger partial charge is 0.159 e. The van der Waals surface area contributed by atoms with Gasteiger partial charge in [0.2, 0.25) is 0 Å². The minimum Gasteiger partial charge on any atom is -0.295 e. The Bertz CT molecular complexity index is 598. The summed E-state index contributed by atoms with van der Waals surface area (Å²) in [6, 6.07) is 11.7. The fourth-order valence-electron chi connectivity index (χ4n) is 1.45. The van der Waals surface area contributed by atoms with Crippen molar-refractivity contribution in [2.75, 3.05) is 0 Å². The van der Waals surface area contributed by atoms with E-state index in [-0.39, 0.29) is 5.78 Å². The summed E-state index contributed by atoms with van der Waals surface area (Å²) < 4.78 is 13.8. The normalized spacial score (nSPS) is 10.4. The molecule has 0 N–H and O–H groups in total. The third-order valence-corrected chi connectivity index (χ3v) is 3.96. The molecule has 0 unspecified atom stereocenters. The Hall–Kier alpha value is -1.32. The molecule has 4 heteroatoms. The van der Waals surface area contributed by atoms with Crippen molar-refractivity contribution in [3.8, 4) is 0 Å². The number of ketones is 1. The van der Waals surface area contributed by atoms with Gasteiger partial charge in [-0.15, -0.1) is 0 Å². The number of carbonyl (C=O) groups is 1. The standard InChI is InChI=1S/C14H10ClFOS/c1-9(17)10-6-7-14(12(16)8-10)18-13-5-3-2-4-11(13)15/h2-8H,1H3. The van der Waals surface area contributed by atoms with Gasteiger partial charge in [-0.25, -0.2) is 4.39 Å². The minimum atomic E-state index is -0.410. The molecule has 0 spiro atoms. The molecular formula is C14H10ClFOS. The topological polar surface area (TPSA) is 17.1 Å². The number of halogens is 2. The summed E-state index contributed by atoms with van der Waals surface area (Å²) in [6.07, 6.45) is 0. The SMILES string of the molecule is CC(=O)c1ccc(Sc2ccccc2Cl)c(F)c1. The molecule has 0 bridgehead atoms. The van der Waals surface area contributed by atoms with Crippen molar-refractivity contribution in [1.82, 2.24) is 0 Å². The predicted octanol–water partition coefficient (Wildman–Crippen LogP) is 4.83. The van der Waals surface area contributed by atoms with Gasteiger partial charge in [0.1, 0.15) is 5.82 Å². The molecule has 0 fully saturated rings. The monoisotopic (exact) mass is 280 g/mol. The third kappa shape index (κ3) is 2.92. The van der Waals surface area contributed by atoms with Crippen LogP contribution in [0.3, 0.4) is 0 Å². The van der Waals surface area contributed by atoms with Crippen molar-refractivity contribution in [2.45, 2.75) is 16.7 Å². The van der Waals surface area contributed by atoms with Gasteiger partial charge in [-0.2, -0.15) is 0 Å². The molecule has 0 aliphatic carbocycles. The van der Waals surface area contributed by atoms with Crippen LogP contribution in [0.15, 0.2) is 52.3 Å². The van der Waals surface area contributed by atoms with Crippen molar-refractivity contribution in [3.63, 3.8) is 0 Å². The van der Waals surface area contributed by atoms with E-state index in [1.807, 2.05) is 18.2 Å². The zero-order valence-corrected chi connectivity index (χ0v) is 11.2. The molecule has 0 radical (unpaired) electrons. The number of Topliss-reactive ketones (excluding diaryl/α,β-unsaturated/α-hetero) is 1. The van der Waals surface area contributed by atoms with E-state index >= 15 is 0 Å². The molecule has 0 heterocycles. The summed E-state index contributed by atoms with van der Waals surface area (Å²) >= 11 is 7.25. The predicted molar refractivity (Wildman–Crippen MR) is 72.0 cm³/mol. The van der Waals surface area contributed by atoms with Crippen molar-refractivity contribution in [2.24, 2.45) is 0 Å². The summed E-state index contributed by atoms with van der Waals surface area (Å²) in [4.78, 5) is 12.4. The lowest BCUT2D eigenvalue weighted by Crippen LogP contribution is -1.93. The number of hydrogen-bond donors (Lipinski definition) is 0. The molecule has 92 valence electrons. The van der Waals surface area contributed by atoms with Crippen LogP contribution in [0.5, 0.6) is 0 Å². The van der Waals surface area contributed by atoms with E-state index in [1.54, 1.807) is 18.2 Å². The van der Waals surface area contributed by atoms with Gasteiger partial charge in [0, 0.05) is 15.4 Å². The van der Waals surface area contributed by atoms with E-state index in [9.17, 15) is 9.18 Å². The third-order valence-electron chi connectivity index (χ3n) is 2.39. The average Bonchev–Trinajstić information content (AvgIpc) is 2.34. The van der Waals surface area contributed by atoms with Crippen LogP contribution in [0, 0.1) is 5.82 Å². The summed E-state index contributed by atoms with van der Waals surface area (Å²) in [6.45, 7) is 1.41. The Morgan fingerprint density at radius 3 is 2.50 bits per heavy atom. The first-order valence-corrected chi connectivity index (χ1v) is 6.50. The lowest BCUT2D eigenvalue weighted by atomic mass is 10.1. The van der Waals surface area contributed by atoms with Crippen LogP contribution < -0.4 is 0 Å². The van der Waals surface area contributed by atoms with Crippen LogP contribution in [-0.4, -0.2) is 5.78 Å². The fraction of sp³-hybridized carbons (Fsp3) is 0.0714. The first-order chi connectivity index (χ1) is 8.58. The number of hydrogen-bond acceptors (Lipinski definition) is 2. The van der Waals surface area contributed by atoms with Crippen LogP contribution in [0.25, 0.3) is 0 Å². The molecule has 0 saturated heterocycles. The molecule has 0 aliphatic heterocycles. The zero-order chi connectivity index (χ0) is 13.1. The van der Waals surface area contributed by atoms with E-state index in [0.29, 0.717) is 15.5 Å². The van der Waals surface area contributed by atoms with Crippen molar-refractivity contribution < 1.29 is 9.18 Å². The van der Waals surface area contributed by atoms with E-state index < -0.39 is 5.82 Å². The second-order valence-corrected chi connectivity index (χ2v) is 5.22. The molecule has 1 nitrogen and oxygen atoms in total. The maximum atomic E-state index is 13.8. The Kier molecular flexibility index (Phi) is 4.04. The maximum Gasteiger partial charge on any atom is 0.159 e. The van der Waals surface area contributed by atoms with E-state index in [2.05, 4.69) is 0 Å². The highest BCUT2D eigenvalue weighted by atomic mass is 35.5. The molecule has 0 saturated carbocycles. The van der Waals surface area contributed by atoms with Gasteiger partial charge in [0.25, 0.3) is 0 Å². The van der Waals surface area contributed by atoms with Crippen molar-refractivity contribution >= 4 is 29.1 Å². The summed E-state index contributed by atoms with van der Waals surface area (Å²) in [5, 5.41) is 0.581. The summed E-state index contributed by atoms with van der Waals surface area (Å²) in [5.74, 6) is -0.559. The highest BCUT2D eigenvalue weighted by molar-refractivity contribution is 7.99. The largest absolute Gasteiger partial charge is 0.295 e. The van der Waals surface area contributed by atoms with Gasteiger partial charge in [0.05, 0.1) is 5.02 Å². The van der Waals surface area contributed by atoms with Crippen molar-refractivity contribution in [1.29, 1.82) is 0 Å². The Balaban J connectivity index is 2.30. The van der Waals surface area contributed by atoms with Crippen molar-refractivity contribution in [3.05, 3.63) is 58.9 Å². The Labute approximate surface area is 114 Å². The Morgan fingerprint density at radius 2 is 1.89 bits per heavy atom. The molecule has 2 aromatic rings. The number of rotatable bonds is 3. The first kappa shape index (κ1) is 13.1. The zero-order valence-electron chi connectivity index (χ0n) is 9.61. The van der Waals surface area contributed by atoms with Gasteiger partial charge in [-0.3, -0.25) is 4.79 Å². The molecule has 2 rings (SSSR count). The molecular weight excluding hydrogens is 271 g/mol. The second kappa shape index (κ2) is 5.55. The molecule has 0 aliphatic rings. The van der Waals surface area contributed by atoms with E-state index in [1.165, 1.54) is 24.8 Å². The van der Waals surface area contributed by atoms with Crippen LogP contribution in [0.2, 0.25) is 5.02 Å². The number of carbonyl (C=O) groups excluding carboxylic acids is 1. The van der Waals surface area contributed by atoms with Crippen LogP contribution in [0.4, 0.5) is 4.39 Å². The fourth-order valence-corrected chi connectivity index (χ4v) is 2.54. The molecule has 2 aromatic carbocycles. The first-order valence-electron chi connectivity index (χ1n) is 5.31. The highest BCUT2D eigenvalue weighted by Gasteiger charge is 2.09. The maximum absolute atomic E-state index is 13.8. The quantitative estimate of drug-likeness (QED) is 0.749. The van der Waals surface area contributed by atoms with Gasteiger partial charge < -0.3 is 0 Å². The summed E-state index contributed by atoms with van der Waals surface area (Å²) in [7, 11) is 0. The second-order valence-electron chi connectivity index (χ2n) is 3.73. The van der Waals surface area contributed by atoms with E-state index in [4.69, 9.17) is 11.6 Å². The molecule has 0 aromatic heterocycles. The number of benzene rings is 2. The molecule has 0 amide bonds. The van der Waals surface area contributed by atoms with E-state index in [0.717, 1.165) is 4.90 Å². The van der Waals surface area contributed by atoms with Crippen LogP contribution in [0.1, 0.15) is 17.3 Å². The summed E-state index contributed by atoms with van der Waals surface area (Å²) in [5.41, 5.74) is 0.371. The lowest BCUT2D eigenvalue weighted by molar-refractivity contribution is 0.101. The minimum absolute atomic E-state index is 0.150. The Morgan fingerprint density at radius 1 is 1.17 bits per heavy atom. The highest BCUT2D eigenvalue weighted by Crippen LogP contribution is 2.34. The lowest BCUT2D eigenvalue weighted by Gasteiger charge is -2.06. The van der Waals surface area contributed by atoms with Gasteiger partial charge in [0.15, 0.2) is 5.78 Å². The van der Waals surface area contributed by atoms with Crippen LogP contribution >= 0.6 is 23.4 Å². The van der Waals surface area contributed by atoms with Gasteiger partial charge >= 0.3 is 0 Å². The molecule has 0 atom stereocenters. The molecule has 18 heavy (non-hydrogen) atoms. The van der Waals surface area contributed by atoms with Gasteiger partial charge in [-0.05, 0) is 31.2 Å². The van der Waals surface area contributed by atoms with Gasteiger partial charge in [-0.1, -0.05) is 41.6 Å². The average molecular weight is 281 g/mol. The van der Waals surface area contributed by atoms with Crippen LogP contribution in [-0.2, 0) is 0 Å².